The van der Waals surface area contributed by atoms with Crippen molar-refractivity contribution in [2.75, 3.05) is 27.2 Å². The van der Waals surface area contributed by atoms with Crippen LogP contribution in [0.15, 0.2) is 53.5 Å². The van der Waals surface area contributed by atoms with Gasteiger partial charge in [0.25, 0.3) is 5.91 Å². The van der Waals surface area contributed by atoms with Gasteiger partial charge in [0.05, 0.1) is 6.54 Å². The fourth-order valence-electron chi connectivity index (χ4n) is 2.70. The number of ether oxygens (including phenoxy) is 2. The zero-order valence-corrected chi connectivity index (χ0v) is 15.5. The van der Waals surface area contributed by atoms with Crippen molar-refractivity contribution in [2.24, 2.45) is 4.99 Å². The minimum absolute atomic E-state index is 0.0923. The quantitative estimate of drug-likeness (QED) is 0.551. The Hall–Kier alpha value is -3.22. The third-order valence-corrected chi connectivity index (χ3v) is 4.19. The van der Waals surface area contributed by atoms with Crippen molar-refractivity contribution in [3.8, 4) is 11.5 Å². The number of guanidine groups is 1. The molecule has 2 aromatic carbocycles. The number of aliphatic imine (C=N–C) groups is 1. The van der Waals surface area contributed by atoms with Crippen LogP contribution in [0.2, 0.25) is 0 Å². The van der Waals surface area contributed by atoms with E-state index in [9.17, 15) is 4.79 Å². The summed E-state index contributed by atoms with van der Waals surface area (Å²) in [6.07, 6.45) is -0.0923. The highest BCUT2D eigenvalue weighted by atomic mass is 16.6. The second-order valence-corrected chi connectivity index (χ2v) is 6.08. The smallest absolute Gasteiger partial charge is 0.251 e. The van der Waals surface area contributed by atoms with Gasteiger partial charge in [-0.1, -0.05) is 24.3 Å². The summed E-state index contributed by atoms with van der Waals surface area (Å²) in [6, 6.07) is 15.1. The molecule has 0 aliphatic carbocycles. The predicted molar refractivity (Wildman–Crippen MR) is 104 cm³/mol. The van der Waals surface area contributed by atoms with Gasteiger partial charge in [-0.25, -0.2) is 0 Å². The molecule has 0 saturated heterocycles. The van der Waals surface area contributed by atoms with Gasteiger partial charge < -0.3 is 25.4 Å². The Morgan fingerprint density at radius 3 is 2.56 bits per heavy atom. The van der Waals surface area contributed by atoms with E-state index in [1.165, 1.54) is 0 Å². The van der Waals surface area contributed by atoms with Crippen LogP contribution in [0, 0.1) is 0 Å². The summed E-state index contributed by atoms with van der Waals surface area (Å²) in [5.41, 5.74) is 1.69. The maximum Gasteiger partial charge on any atom is 0.251 e. The first-order valence-corrected chi connectivity index (χ1v) is 8.83. The van der Waals surface area contributed by atoms with E-state index < -0.39 is 0 Å². The van der Waals surface area contributed by atoms with Gasteiger partial charge in [-0.3, -0.25) is 9.79 Å². The van der Waals surface area contributed by atoms with Crippen LogP contribution in [0.5, 0.6) is 11.5 Å². The molecule has 2 aromatic rings. The lowest BCUT2D eigenvalue weighted by molar-refractivity contribution is 0.0936. The summed E-state index contributed by atoms with van der Waals surface area (Å²) in [4.78, 5) is 15.8. The third-order valence-electron chi connectivity index (χ3n) is 4.19. The van der Waals surface area contributed by atoms with Crippen LogP contribution in [0.25, 0.3) is 0 Å². The van der Waals surface area contributed by atoms with Crippen molar-refractivity contribution in [3.05, 3.63) is 59.7 Å². The molecular weight excluding hydrogens is 344 g/mol. The molecule has 27 heavy (non-hydrogen) atoms. The van der Waals surface area contributed by atoms with E-state index in [0.717, 1.165) is 17.1 Å². The summed E-state index contributed by atoms with van der Waals surface area (Å²) < 4.78 is 11.6. The SMILES string of the molecule is CN=C(NCc1ccc(C(=O)NC)cc1)NCC1COc2ccccc2O1. The van der Waals surface area contributed by atoms with Gasteiger partial charge in [0.1, 0.15) is 12.7 Å². The van der Waals surface area contributed by atoms with E-state index in [-0.39, 0.29) is 12.0 Å². The molecule has 7 nitrogen and oxygen atoms in total. The number of carbonyl (C=O) groups is 1. The van der Waals surface area contributed by atoms with E-state index in [1.54, 1.807) is 26.2 Å². The number of carbonyl (C=O) groups excluding carboxylic acids is 1. The van der Waals surface area contributed by atoms with Crippen LogP contribution in [-0.2, 0) is 6.54 Å². The van der Waals surface area contributed by atoms with Crippen molar-refractivity contribution in [1.82, 2.24) is 16.0 Å². The number of hydrogen-bond acceptors (Lipinski definition) is 4. The van der Waals surface area contributed by atoms with Crippen molar-refractivity contribution >= 4 is 11.9 Å². The van der Waals surface area contributed by atoms with E-state index in [1.807, 2.05) is 36.4 Å². The zero-order valence-electron chi connectivity index (χ0n) is 15.5. The Balaban J connectivity index is 1.47. The standard InChI is InChI=1S/C20H24N4O3/c1-21-19(25)15-9-7-14(8-10-15)11-23-20(22-2)24-12-16-13-26-17-5-3-4-6-18(17)27-16/h3-10,16H,11-13H2,1-2H3,(H,21,25)(H2,22,23,24). The number of amides is 1. The Bertz CT molecular complexity index is 805. The molecule has 3 rings (SSSR count). The molecule has 0 fully saturated rings. The molecule has 1 aliphatic heterocycles. The summed E-state index contributed by atoms with van der Waals surface area (Å²) in [5.74, 6) is 2.11. The molecule has 0 spiro atoms. The first-order chi connectivity index (χ1) is 13.2. The van der Waals surface area contributed by atoms with Crippen molar-refractivity contribution in [2.45, 2.75) is 12.6 Å². The summed E-state index contributed by atoms with van der Waals surface area (Å²) in [7, 11) is 3.34. The fourth-order valence-corrected chi connectivity index (χ4v) is 2.70. The van der Waals surface area contributed by atoms with Crippen LogP contribution in [0.4, 0.5) is 0 Å². The van der Waals surface area contributed by atoms with Gasteiger partial charge in [0, 0.05) is 26.2 Å². The second-order valence-electron chi connectivity index (χ2n) is 6.08. The average Bonchev–Trinajstić information content (AvgIpc) is 2.73. The molecule has 7 heteroatoms. The van der Waals surface area contributed by atoms with Gasteiger partial charge in [-0.2, -0.15) is 0 Å². The maximum atomic E-state index is 11.6. The van der Waals surface area contributed by atoms with E-state index >= 15 is 0 Å². The molecule has 0 saturated carbocycles. The van der Waals surface area contributed by atoms with E-state index in [4.69, 9.17) is 9.47 Å². The lowest BCUT2D eigenvalue weighted by atomic mass is 10.1. The van der Waals surface area contributed by atoms with Crippen LogP contribution in [0.1, 0.15) is 15.9 Å². The molecule has 1 atom stereocenters. The number of rotatable bonds is 5. The first kappa shape index (κ1) is 18.6. The molecule has 1 unspecified atom stereocenters. The van der Waals surface area contributed by atoms with Crippen molar-refractivity contribution in [1.29, 1.82) is 0 Å². The summed E-state index contributed by atoms with van der Waals surface area (Å²) in [5, 5.41) is 9.11. The Morgan fingerprint density at radius 1 is 1.11 bits per heavy atom. The number of hydrogen-bond donors (Lipinski definition) is 3. The van der Waals surface area contributed by atoms with Crippen molar-refractivity contribution in [3.63, 3.8) is 0 Å². The Kier molecular flexibility index (Phi) is 6.14. The fraction of sp³-hybridized carbons (Fsp3) is 0.300. The molecule has 3 N–H and O–H groups in total. The second kappa shape index (κ2) is 8.93. The third kappa shape index (κ3) is 4.91. The highest BCUT2D eigenvalue weighted by molar-refractivity contribution is 5.93. The highest BCUT2D eigenvalue weighted by Gasteiger charge is 2.20. The molecule has 0 radical (unpaired) electrons. The number of nitrogens with zero attached hydrogens (tertiary/aromatic N) is 1. The molecular formula is C20H24N4O3. The molecule has 1 aliphatic rings. The molecule has 0 bridgehead atoms. The topological polar surface area (TPSA) is 84.0 Å². The van der Waals surface area contributed by atoms with Gasteiger partial charge in [-0.15, -0.1) is 0 Å². The largest absolute Gasteiger partial charge is 0.486 e. The molecule has 1 amide bonds. The molecule has 142 valence electrons. The normalized spacial score (nSPS) is 15.8. The van der Waals surface area contributed by atoms with Crippen LogP contribution in [0.3, 0.4) is 0 Å². The monoisotopic (exact) mass is 368 g/mol. The summed E-state index contributed by atoms with van der Waals surface area (Å²) in [6.45, 7) is 1.66. The first-order valence-electron chi connectivity index (χ1n) is 8.83. The van der Waals surface area contributed by atoms with Crippen LogP contribution >= 0.6 is 0 Å². The van der Waals surface area contributed by atoms with Crippen molar-refractivity contribution < 1.29 is 14.3 Å². The lowest BCUT2D eigenvalue weighted by Gasteiger charge is -2.27. The lowest BCUT2D eigenvalue weighted by Crippen LogP contribution is -2.45. The number of para-hydroxylation sites is 2. The van der Waals surface area contributed by atoms with Gasteiger partial charge in [-0.05, 0) is 29.8 Å². The molecule has 0 aromatic heterocycles. The number of nitrogens with one attached hydrogen (secondary N) is 3. The Labute approximate surface area is 158 Å². The Morgan fingerprint density at radius 2 is 1.85 bits per heavy atom. The van der Waals surface area contributed by atoms with Gasteiger partial charge >= 0.3 is 0 Å². The maximum absolute atomic E-state index is 11.6. The minimum Gasteiger partial charge on any atom is -0.486 e. The predicted octanol–water partition coefficient (Wildman–Crippen LogP) is 1.55. The minimum atomic E-state index is -0.0942. The molecule has 1 heterocycles. The highest BCUT2D eigenvalue weighted by Crippen LogP contribution is 2.30. The van der Waals surface area contributed by atoms with E-state index in [2.05, 4.69) is 20.9 Å². The van der Waals surface area contributed by atoms with E-state index in [0.29, 0.717) is 31.2 Å². The zero-order chi connectivity index (χ0) is 19.1. The van der Waals surface area contributed by atoms with Gasteiger partial charge in [0.2, 0.25) is 0 Å². The number of benzene rings is 2. The number of fused-ring (bicyclic) bond motifs is 1. The van der Waals surface area contributed by atoms with Crippen LogP contribution in [-0.4, -0.2) is 45.2 Å². The van der Waals surface area contributed by atoms with Gasteiger partial charge in [0.15, 0.2) is 17.5 Å². The average molecular weight is 368 g/mol. The van der Waals surface area contributed by atoms with Crippen LogP contribution < -0.4 is 25.4 Å². The summed E-state index contributed by atoms with van der Waals surface area (Å²) >= 11 is 0.